The average Bonchev–Trinajstić information content (AvgIpc) is 3.32. The van der Waals surface area contributed by atoms with Crippen molar-refractivity contribution in [1.82, 2.24) is 4.98 Å². The molecule has 4 aromatic rings. The summed E-state index contributed by atoms with van der Waals surface area (Å²) in [5.41, 5.74) is 4.78. The van der Waals surface area contributed by atoms with Crippen LogP contribution in [0, 0.1) is 0 Å². The van der Waals surface area contributed by atoms with Crippen molar-refractivity contribution >= 4 is 28.3 Å². The molecule has 0 unspecified atom stereocenters. The van der Waals surface area contributed by atoms with Crippen LogP contribution in [0.2, 0.25) is 0 Å². The van der Waals surface area contributed by atoms with Crippen molar-refractivity contribution in [3.63, 3.8) is 0 Å². The molecular weight excluding hydrogens is 436 g/mol. The number of methoxy groups -OCH3 is 1. The maximum absolute atomic E-state index is 12.2. The maximum atomic E-state index is 12.2. The van der Waals surface area contributed by atoms with Gasteiger partial charge in [0, 0.05) is 10.9 Å². The smallest absolute Gasteiger partial charge is 0.310 e. The second kappa shape index (κ2) is 10.6. The summed E-state index contributed by atoms with van der Waals surface area (Å²) in [5.74, 6) is -0.200. The van der Waals surface area contributed by atoms with E-state index in [4.69, 9.17) is 9.47 Å². The van der Waals surface area contributed by atoms with E-state index >= 15 is 0 Å². The lowest BCUT2D eigenvalue weighted by Crippen LogP contribution is -2.21. The lowest BCUT2D eigenvalue weighted by Gasteiger charge is -2.06. The van der Waals surface area contributed by atoms with E-state index in [1.807, 2.05) is 47.8 Å². The minimum Gasteiger partial charge on any atom is -0.497 e. The molecule has 1 N–H and O–H groups in total. The molecule has 4 rings (SSSR count). The first-order chi connectivity index (χ1) is 16.1. The second-order valence-electron chi connectivity index (χ2n) is 7.21. The van der Waals surface area contributed by atoms with Crippen LogP contribution >= 0.6 is 11.3 Å². The lowest BCUT2D eigenvalue weighted by atomic mass is 10.0. The van der Waals surface area contributed by atoms with E-state index in [9.17, 15) is 9.59 Å². The summed E-state index contributed by atoms with van der Waals surface area (Å²) in [7, 11) is 1.58. The van der Waals surface area contributed by atoms with Gasteiger partial charge in [-0.2, -0.15) is 0 Å². The molecular formula is C26H22N2O4S. The number of carbonyl (C=O) groups excluding carboxylic acids is 2. The highest BCUT2D eigenvalue weighted by molar-refractivity contribution is 7.14. The van der Waals surface area contributed by atoms with Crippen LogP contribution in [-0.2, 0) is 20.7 Å². The second-order valence-corrected chi connectivity index (χ2v) is 8.07. The zero-order valence-corrected chi connectivity index (χ0v) is 18.8. The van der Waals surface area contributed by atoms with Gasteiger partial charge in [-0.25, -0.2) is 4.98 Å². The Morgan fingerprint density at radius 3 is 2.24 bits per heavy atom. The fraction of sp³-hybridized carbons (Fsp3) is 0.115. The molecule has 1 amide bonds. The Morgan fingerprint density at radius 1 is 0.879 bits per heavy atom. The topological polar surface area (TPSA) is 77.5 Å². The standard InChI is InChI=1S/C26H22N2O4S/c1-31-22-13-7-18(8-14-22)15-25(30)32-16-24(29)28-26-27-23(17-33-26)21-11-9-20(10-12-21)19-5-3-2-4-6-19/h2-14,17H,15-16H2,1H3,(H,27,28,29). The van der Waals surface area contributed by atoms with E-state index in [-0.39, 0.29) is 13.0 Å². The first-order valence-electron chi connectivity index (χ1n) is 10.3. The molecule has 0 saturated heterocycles. The van der Waals surface area contributed by atoms with E-state index < -0.39 is 11.9 Å². The molecule has 0 fully saturated rings. The number of rotatable bonds is 8. The fourth-order valence-corrected chi connectivity index (χ4v) is 3.93. The van der Waals surface area contributed by atoms with Gasteiger partial charge in [0.15, 0.2) is 11.7 Å². The predicted molar refractivity (Wildman–Crippen MR) is 129 cm³/mol. The van der Waals surface area contributed by atoms with Crippen molar-refractivity contribution < 1.29 is 19.1 Å². The van der Waals surface area contributed by atoms with Gasteiger partial charge in [-0.05, 0) is 28.8 Å². The van der Waals surface area contributed by atoms with Gasteiger partial charge in [-0.3, -0.25) is 14.9 Å². The van der Waals surface area contributed by atoms with Crippen molar-refractivity contribution in [2.24, 2.45) is 0 Å². The molecule has 0 radical (unpaired) electrons. The Bertz CT molecular complexity index is 1220. The van der Waals surface area contributed by atoms with E-state index in [2.05, 4.69) is 22.4 Å². The summed E-state index contributed by atoms with van der Waals surface area (Å²) >= 11 is 1.32. The number of aromatic nitrogens is 1. The Morgan fingerprint density at radius 2 is 1.55 bits per heavy atom. The number of carbonyl (C=O) groups is 2. The number of hydrogen-bond acceptors (Lipinski definition) is 6. The van der Waals surface area contributed by atoms with Gasteiger partial charge in [0.2, 0.25) is 0 Å². The molecule has 166 valence electrons. The third-order valence-electron chi connectivity index (χ3n) is 4.91. The Hall–Kier alpha value is -3.97. The number of benzene rings is 3. The maximum Gasteiger partial charge on any atom is 0.310 e. The van der Waals surface area contributed by atoms with Crippen molar-refractivity contribution in [2.45, 2.75) is 6.42 Å². The molecule has 0 aliphatic heterocycles. The van der Waals surface area contributed by atoms with E-state index in [1.54, 1.807) is 31.4 Å². The lowest BCUT2D eigenvalue weighted by molar-refractivity contribution is -0.146. The van der Waals surface area contributed by atoms with Crippen LogP contribution in [0.4, 0.5) is 5.13 Å². The first-order valence-corrected chi connectivity index (χ1v) is 11.2. The minimum atomic E-state index is -0.478. The van der Waals surface area contributed by atoms with E-state index in [1.165, 1.54) is 11.3 Å². The van der Waals surface area contributed by atoms with Crippen molar-refractivity contribution in [1.29, 1.82) is 0 Å². The molecule has 0 aliphatic carbocycles. The number of ether oxygens (including phenoxy) is 2. The van der Waals surface area contributed by atoms with Gasteiger partial charge in [-0.1, -0.05) is 66.7 Å². The van der Waals surface area contributed by atoms with Crippen LogP contribution in [0.5, 0.6) is 5.75 Å². The monoisotopic (exact) mass is 458 g/mol. The molecule has 1 heterocycles. The summed E-state index contributed by atoms with van der Waals surface area (Å²) in [4.78, 5) is 28.6. The Balaban J connectivity index is 1.28. The number of anilines is 1. The fourth-order valence-electron chi connectivity index (χ4n) is 3.19. The highest BCUT2D eigenvalue weighted by Crippen LogP contribution is 2.27. The van der Waals surface area contributed by atoms with Crippen LogP contribution in [0.25, 0.3) is 22.4 Å². The molecule has 1 aromatic heterocycles. The normalized spacial score (nSPS) is 10.5. The van der Waals surface area contributed by atoms with Crippen molar-refractivity contribution in [2.75, 3.05) is 19.0 Å². The number of amides is 1. The minimum absolute atomic E-state index is 0.0810. The molecule has 6 nitrogen and oxygen atoms in total. The van der Waals surface area contributed by atoms with Gasteiger partial charge in [0.1, 0.15) is 5.75 Å². The van der Waals surface area contributed by atoms with Gasteiger partial charge >= 0.3 is 5.97 Å². The van der Waals surface area contributed by atoms with Crippen molar-refractivity contribution in [3.05, 3.63) is 89.8 Å². The van der Waals surface area contributed by atoms with E-state index in [0.29, 0.717) is 10.9 Å². The van der Waals surface area contributed by atoms with E-state index in [0.717, 1.165) is 27.9 Å². The third kappa shape index (κ3) is 6.05. The molecule has 7 heteroatoms. The first kappa shape index (κ1) is 22.2. The Labute approximate surface area is 195 Å². The molecule has 0 atom stereocenters. The highest BCUT2D eigenvalue weighted by Gasteiger charge is 2.12. The quantitative estimate of drug-likeness (QED) is 0.367. The summed E-state index contributed by atoms with van der Waals surface area (Å²) in [6.07, 6.45) is 0.0810. The molecule has 0 bridgehead atoms. The van der Waals surface area contributed by atoms with Gasteiger partial charge < -0.3 is 9.47 Å². The predicted octanol–water partition coefficient (Wildman–Crippen LogP) is 5.21. The number of nitrogens with one attached hydrogen (secondary N) is 1. The SMILES string of the molecule is COc1ccc(CC(=O)OCC(=O)Nc2nc(-c3ccc(-c4ccccc4)cc3)cs2)cc1. The zero-order chi connectivity index (χ0) is 23.0. The number of esters is 1. The molecule has 0 spiro atoms. The van der Waals surface area contributed by atoms with Crippen LogP contribution < -0.4 is 10.1 Å². The Kier molecular flexibility index (Phi) is 7.12. The molecule has 0 aliphatic rings. The molecule has 33 heavy (non-hydrogen) atoms. The highest BCUT2D eigenvalue weighted by atomic mass is 32.1. The zero-order valence-electron chi connectivity index (χ0n) is 18.0. The summed E-state index contributed by atoms with van der Waals surface area (Å²) < 4.78 is 10.2. The van der Waals surface area contributed by atoms with Crippen LogP contribution in [0.15, 0.2) is 84.2 Å². The summed E-state index contributed by atoms with van der Waals surface area (Å²) in [5, 5.41) is 5.01. The van der Waals surface area contributed by atoms with Gasteiger partial charge in [-0.15, -0.1) is 11.3 Å². The van der Waals surface area contributed by atoms with Crippen molar-refractivity contribution in [3.8, 4) is 28.1 Å². The third-order valence-corrected chi connectivity index (χ3v) is 5.67. The van der Waals surface area contributed by atoms with Crippen LogP contribution in [0.3, 0.4) is 0 Å². The summed E-state index contributed by atoms with van der Waals surface area (Å²) in [6, 6.07) is 25.3. The average molecular weight is 459 g/mol. The molecule has 3 aromatic carbocycles. The number of hydrogen-bond donors (Lipinski definition) is 1. The van der Waals surface area contributed by atoms with Crippen LogP contribution in [-0.4, -0.2) is 30.6 Å². The summed E-state index contributed by atoms with van der Waals surface area (Å²) in [6.45, 7) is -0.365. The number of nitrogens with zero attached hydrogens (tertiary/aromatic N) is 1. The molecule has 0 saturated carbocycles. The number of thiazole rings is 1. The largest absolute Gasteiger partial charge is 0.497 e. The van der Waals surface area contributed by atoms with Gasteiger partial charge in [0.05, 0.1) is 19.2 Å². The van der Waals surface area contributed by atoms with Gasteiger partial charge in [0.25, 0.3) is 5.91 Å². The van der Waals surface area contributed by atoms with Crippen LogP contribution in [0.1, 0.15) is 5.56 Å².